The van der Waals surface area contributed by atoms with Gasteiger partial charge in [-0.3, -0.25) is 14.4 Å². The van der Waals surface area contributed by atoms with Gasteiger partial charge < -0.3 is 14.8 Å². The lowest BCUT2D eigenvalue weighted by atomic mass is 10.1. The van der Waals surface area contributed by atoms with Gasteiger partial charge in [0.25, 0.3) is 5.91 Å². The second kappa shape index (κ2) is 10.7. The van der Waals surface area contributed by atoms with Crippen LogP contribution in [0.4, 0.5) is 5.69 Å². The highest BCUT2D eigenvalue weighted by molar-refractivity contribution is 7.09. The molecule has 1 heterocycles. The normalized spacial score (nSPS) is 11.5. The van der Waals surface area contributed by atoms with Crippen LogP contribution in [-0.2, 0) is 27.4 Å². The van der Waals surface area contributed by atoms with Gasteiger partial charge in [0.15, 0.2) is 11.9 Å². The van der Waals surface area contributed by atoms with Gasteiger partial charge in [-0.2, -0.15) is 0 Å². The number of hydrogen-bond acceptors (Lipinski definition) is 7. The number of esters is 1. The molecule has 32 heavy (non-hydrogen) atoms. The summed E-state index contributed by atoms with van der Waals surface area (Å²) in [4.78, 5) is 40.2. The first kappa shape index (κ1) is 23.1. The predicted molar refractivity (Wildman–Crippen MR) is 122 cm³/mol. The molecule has 166 valence electrons. The van der Waals surface area contributed by atoms with Crippen molar-refractivity contribution < 1.29 is 23.9 Å². The van der Waals surface area contributed by atoms with Gasteiger partial charge in [0.2, 0.25) is 0 Å². The SMILES string of the molecule is CC(=O)c1ccc(NC(=O)C(C)OC(=O)Cc2csc(COc3ccc(C)cc3)n2)cc1. The zero-order valence-electron chi connectivity index (χ0n) is 18.1. The first-order valence-corrected chi connectivity index (χ1v) is 10.9. The molecule has 2 aromatic carbocycles. The first-order chi connectivity index (χ1) is 15.3. The smallest absolute Gasteiger partial charge is 0.312 e. The molecule has 0 saturated heterocycles. The number of anilines is 1. The number of ketones is 1. The molecule has 0 aliphatic rings. The standard InChI is InChI=1S/C24H24N2O5S/c1-15-4-10-21(11-5-15)30-13-22-25-20(14-32-22)12-23(28)31-17(3)24(29)26-19-8-6-18(7-9-19)16(2)27/h4-11,14,17H,12-13H2,1-3H3,(H,26,29). The van der Waals surface area contributed by atoms with Crippen LogP contribution in [0, 0.1) is 6.92 Å². The van der Waals surface area contributed by atoms with Crippen molar-refractivity contribution in [2.24, 2.45) is 0 Å². The Labute approximate surface area is 190 Å². The van der Waals surface area contributed by atoms with Crippen molar-refractivity contribution in [2.75, 3.05) is 5.32 Å². The number of thiazole rings is 1. The summed E-state index contributed by atoms with van der Waals surface area (Å²) in [7, 11) is 0. The molecule has 1 unspecified atom stereocenters. The maximum Gasteiger partial charge on any atom is 0.312 e. The fourth-order valence-electron chi connectivity index (χ4n) is 2.75. The minimum atomic E-state index is -0.974. The first-order valence-electron chi connectivity index (χ1n) is 10.0. The number of rotatable bonds is 9. The van der Waals surface area contributed by atoms with Crippen LogP contribution in [0.5, 0.6) is 5.75 Å². The Morgan fingerprint density at radius 1 is 1.06 bits per heavy atom. The van der Waals surface area contributed by atoms with E-state index in [0.717, 1.165) is 16.3 Å². The average molecular weight is 453 g/mol. The number of nitrogens with zero attached hydrogens (tertiary/aromatic N) is 1. The number of benzene rings is 2. The summed E-state index contributed by atoms with van der Waals surface area (Å²) >= 11 is 1.40. The minimum absolute atomic E-state index is 0.0358. The molecule has 8 heteroatoms. The molecular weight excluding hydrogens is 428 g/mol. The number of aryl methyl sites for hydroxylation is 1. The second-order valence-electron chi connectivity index (χ2n) is 7.27. The van der Waals surface area contributed by atoms with E-state index in [1.807, 2.05) is 31.2 Å². The summed E-state index contributed by atoms with van der Waals surface area (Å²) in [6, 6.07) is 14.2. The van der Waals surface area contributed by atoms with Gasteiger partial charge in [0, 0.05) is 16.6 Å². The highest BCUT2D eigenvalue weighted by atomic mass is 32.1. The Balaban J connectivity index is 1.45. The molecule has 1 N–H and O–H groups in total. The van der Waals surface area contributed by atoms with Crippen molar-refractivity contribution in [3.05, 3.63) is 75.7 Å². The van der Waals surface area contributed by atoms with Gasteiger partial charge in [0.1, 0.15) is 17.4 Å². The van der Waals surface area contributed by atoms with E-state index in [0.29, 0.717) is 23.6 Å². The zero-order valence-corrected chi connectivity index (χ0v) is 18.9. The predicted octanol–water partition coefficient (Wildman–Crippen LogP) is 4.35. The number of ether oxygens (including phenoxy) is 2. The Bertz CT molecular complexity index is 1090. The summed E-state index contributed by atoms with van der Waals surface area (Å²) in [5, 5.41) is 5.18. The van der Waals surface area contributed by atoms with Crippen LogP contribution < -0.4 is 10.1 Å². The molecule has 0 saturated carbocycles. The average Bonchev–Trinajstić information content (AvgIpc) is 3.20. The van der Waals surface area contributed by atoms with E-state index in [-0.39, 0.29) is 12.2 Å². The number of Topliss-reactive ketones (excluding diaryl/α,β-unsaturated/α-hetero) is 1. The molecule has 1 atom stereocenters. The number of amides is 1. The quantitative estimate of drug-likeness (QED) is 0.383. The van der Waals surface area contributed by atoms with Crippen molar-refractivity contribution in [2.45, 2.75) is 39.9 Å². The van der Waals surface area contributed by atoms with Crippen LogP contribution in [0.25, 0.3) is 0 Å². The summed E-state index contributed by atoms with van der Waals surface area (Å²) in [5.41, 5.74) is 2.78. The molecule has 0 fully saturated rings. The van der Waals surface area contributed by atoms with E-state index < -0.39 is 18.0 Å². The number of carbonyl (C=O) groups is 3. The number of nitrogens with one attached hydrogen (secondary N) is 1. The molecule has 0 radical (unpaired) electrons. The lowest BCUT2D eigenvalue weighted by Gasteiger charge is -2.13. The van der Waals surface area contributed by atoms with Crippen LogP contribution in [0.15, 0.2) is 53.9 Å². The molecular formula is C24H24N2O5S. The van der Waals surface area contributed by atoms with Gasteiger partial charge in [-0.25, -0.2) is 4.98 Å². The summed E-state index contributed by atoms with van der Waals surface area (Å²) < 4.78 is 10.9. The van der Waals surface area contributed by atoms with Crippen LogP contribution in [0.1, 0.15) is 40.5 Å². The molecule has 7 nitrogen and oxygen atoms in total. The van der Waals surface area contributed by atoms with Gasteiger partial charge in [-0.1, -0.05) is 17.7 Å². The molecule has 0 spiro atoms. The fourth-order valence-corrected chi connectivity index (χ4v) is 3.45. The van der Waals surface area contributed by atoms with Crippen molar-refractivity contribution in [3.63, 3.8) is 0 Å². The van der Waals surface area contributed by atoms with E-state index in [2.05, 4.69) is 10.3 Å². The third-order valence-electron chi connectivity index (χ3n) is 4.54. The molecule has 3 aromatic rings. The Morgan fingerprint density at radius 2 is 1.75 bits per heavy atom. The lowest BCUT2D eigenvalue weighted by molar-refractivity contribution is -0.152. The minimum Gasteiger partial charge on any atom is -0.486 e. The Hall–Kier alpha value is -3.52. The van der Waals surface area contributed by atoms with Crippen LogP contribution in [0.3, 0.4) is 0 Å². The molecule has 1 aromatic heterocycles. The lowest BCUT2D eigenvalue weighted by Crippen LogP contribution is -2.30. The maximum atomic E-state index is 12.3. The maximum absolute atomic E-state index is 12.3. The summed E-state index contributed by atoms with van der Waals surface area (Å²) in [6.45, 7) is 5.29. The Kier molecular flexibility index (Phi) is 7.72. The number of hydrogen-bond donors (Lipinski definition) is 1. The van der Waals surface area contributed by atoms with Crippen molar-refractivity contribution in [1.29, 1.82) is 0 Å². The van der Waals surface area contributed by atoms with E-state index in [9.17, 15) is 14.4 Å². The third kappa shape index (κ3) is 6.75. The zero-order chi connectivity index (χ0) is 23.1. The summed E-state index contributed by atoms with van der Waals surface area (Å²) in [6.07, 6.45) is -1.01. The van der Waals surface area contributed by atoms with Crippen molar-refractivity contribution in [3.8, 4) is 5.75 Å². The number of aromatic nitrogens is 1. The van der Waals surface area contributed by atoms with Crippen LogP contribution in [0.2, 0.25) is 0 Å². The molecule has 0 aliphatic carbocycles. The fraction of sp³-hybridized carbons (Fsp3) is 0.250. The third-order valence-corrected chi connectivity index (χ3v) is 5.42. The van der Waals surface area contributed by atoms with Crippen LogP contribution in [-0.4, -0.2) is 28.7 Å². The summed E-state index contributed by atoms with van der Waals surface area (Å²) in [5.74, 6) is -0.310. The van der Waals surface area contributed by atoms with Crippen LogP contribution >= 0.6 is 11.3 Å². The topological polar surface area (TPSA) is 94.6 Å². The van der Waals surface area contributed by atoms with E-state index in [1.54, 1.807) is 29.6 Å². The number of carbonyl (C=O) groups excluding carboxylic acids is 3. The van der Waals surface area contributed by atoms with Gasteiger partial charge >= 0.3 is 5.97 Å². The van der Waals surface area contributed by atoms with Gasteiger partial charge in [-0.05, 0) is 57.2 Å². The van der Waals surface area contributed by atoms with Crippen molar-refractivity contribution in [1.82, 2.24) is 4.98 Å². The largest absolute Gasteiger partial charge is 0.486 e. The monoisotopic (exact) mass is 452 g/mol. The van der Waals surface area contributed by atoms with E-state index in [4.69, 9.17) is 9.47 Å². The Morgan fingerprint density at radius 3 is 2.41 bits per heavy atom. The van der Waals surface area contributed by atoms with E-state index in [1.165, 1.54) is 25.2 Å². The molecule has 3 rings (SSSR count). The molecule has 0 bridgehead atoms. The highest BCUT2D eigenvalue weighted by Crippen LogP contribution is 2.17. The molecule has 1 amide bonds. The molecule has 0 aliphatic heterocycles. The van der Waals surface area contributed by atoms with Gasteiger partial charge in [-0.15, -0.1) is 11.3 Å². The highest BCUT2D eigenvalue weighted by Gasteiger charge is 2.19. The van der Waals surface area contributed by atoms with Gasteiger partial charge in [0.05, 0.1) is 12.1 Å². The second-order valence-corrected chi connectivity index (χ2v) is 8.21. The van der Waals surface area contributed by atoms with E-state index >= 15 is 0 Å². The van der Waals surface area contributed by atoms with Crippen molar-refractivity contribution >= 4 is 34.7 Å².